The molecule has 0 radical (unpaired) electrons. The Kier molecular flexibility index (Phi) is 11.3. The summed E-state index contributed by atoms with van der Waals surface area (Å²) in [5, 5.41) is 3.44. The van der Waals surface area contributed by atoms with E-state index in [-0.39, 0.29) is 28.8 Å². The number of anilines is 1. The molecule has 0 unspecified atom stereocenters. The zero-order chi connectivity index (χ0) is 30.2. The van der Waals surface area contributed by atoms with E-state index >= 15 is 0 Å². The molecule has 0 heterocycles. The Hall–Kier alpha value is -3.47. The molecular formula is C29H33Cl2N3O6S. The Labute approximate surface area is 251 Å². The van der Waals surface area contributed by atoms with Gasteiger partial charge in [0, 0.05) is 19.2 Å². The van der Waals surface area contributed by atoms with Gasteiger partial charge < -0.3 is 19.7 Å². The third kappa shape index (κ3) is 7.84. The van der Waals surface area contributed by atoms with Crippen LogP contribution in [0.15, 0.2) is 71.6 Å². The van der Waals surface area contributed by atoms with Crippen molar-refractivity contribution in [3.05, 3.63) is 82.3 Å². The molecule has 1 atom stereocenters. The molecule has 3 rings (SSSR count). The molecule has 0 spiro atoms. The van der Waals surface area contributed by atoms with Crippen molar-refractivity contribution in [3.8, 4) is 11.5 Å². The maximum atomic E-state index is 14.0. The Morgan fingerprint density at radius 1 is 0.927 bits per heavy atom. The van der Waals surface area contributed by atoms with Crippen LogP contribution in [0, 0.1) is 0 Å². The summed E-state index contributed by atoms with van der Waals surface area (Å²) in [6.45, 7) is 3.36. The summed E-state index contributed by atoms with van der Waals surface area (Å²) >= 11 is 12.3. The second-order valence-electron chi connectivity index (χ2n) is 9.10. The van der Waals surface area contributed by atoms with Gasteiger partial charge in [-0.2, -0.15) is 0 Å². The molecule has 41 heavy (non-hydrogen) atoms. The number of hydrogen-bond acceptors (Lipinski definition) is 6. The van der Waals surface area contributed by atoms with Crippen LogP contribution in [0.1, 0.15) is 25.8 Å². The van der Waals surface area contributed by atoms with E-state index < -0.39 is 28.5 Å². The largest absolute Gasteiger partial charge is 0.493 e. The Morgan fingerprint density at radius 3 is 2.22 bits per heavy atom. The lowest BCUT2D eigenvalue weighted by atomic mass is 10.1. The molecule has 12 heteroatoms. The third-order valence-corrected chi connectivity index (χ3v) is 8.83. The van der Waals surface area contributed by atoms with Gasteiger partial charge >= 0.3 is 0 Å². The first-order valence-corrected chi connectivity index (χ1v) is 15.0. The van der Waals surface area contributed by atoms with E-state index in [1.54, 1.807) is 55.5 Å². The average molecular weight is 623 g/mol. The van der Waals surface area contributed by atoms with Gasteiger partial charge in [-0.3, -0.25) is 13.9 Å². The van der Waals surface area contributed by atoms with E-state index in [1.165, 1.54) is 37.3 Å². The minimum atomic E-state index is -4.27. The van der Waals surface area contributed by atoms with Gasteiger partial charge in [-0.25, -0.2) is 8.42 Å². The average Bonchev–Trinajstić information content (AvgIpc) is 2.98. The number of para-hydroxylation sites is 1. The number of halogens is 2. The number of ether oxygens (including phenoxy) is 2. The van der Waals surface area contributed by atoms with Crippen molar-refractivity contribution in [1.82, 2.24) is 10.2 Å². The van der Waals surface area contributed by atoms with Gasteiger partial charge in [0.15, 0.2) is 11.5 Å². The van der Waals surface area contributed by atoms with Crippen LogP contribution in [0.4, 0.5) is 5.69 Å². The molecule has 0 saturated carbocycles. The van der Waals surface area contributed by atoms with Crippen molar-refractivity contribution in [2.75, 3.05) is 31.6 Å². The minimum Gasteiger partial charge on any atom is -0.493 e. The van der Waals surface area contributed by atoms with Gasteiger partial charge in [0.25, 0.3) is 10.0 Å². The molecule has 3 aromatic carbocycles. The smallest absolute Gasteiger partial charge is 0.264 e. The van der Waals surface area contributed by atoms with Crippen LogP contribution < -0.4 is 19.1 Å². The lowest BCUT2D eigenvalue weighted by molar-refractivity contribution is -0.139. The summed E-state index contributed by atoms with van der Waals surface area (Å²) < 4.78 is 39.5. The number of nitrogens with zero attached hydrogens (tertiary/aromatic N) is 2. The molecule has 0 aromatic heterocycles. The van der Waals surface area contributed by atoms with E-state index in [0.717, 1.165) is 4.31 Å². The molecule has 0 bridgehead atoms. The highest BCUT2D eigenvalue weighted by Crippen LogP contribution is 2.32. The lowest BCUT2D eigenvalue weighted by Gasteiger charge is -2.32. The van der Waals surface area contributed by atoms with Crippen molar-refractivity contribution in [2.24, 2.45) is 0 Å². The molecule has 1 N–H and O–H groups in total. The normalized spacial score (nSPS) is 11.9. The summed E-state index contributed by atoms with van der Waals surface area (Å²) in [6.07, 6.45) is 0.713. The fourth-order valence-corrected chi connectivity index (χ4v) is 5.79. The van der Waals surface area contributed by atoms with Crippen molar-refractivity contribution < 1.29 is 27.5 Å². The van der Waals surface area contributed by atoms with Gasteiger partial charge in [-0.05, 0) is 55.3 Å². The van der Waals surface area contributed by atoms with E-state index in [9.17, 15) is 18.0 Å². The number of amides is 2. The first kappa shape index (κ1) is 32.0. The molecule has 0 aliphatic carbocycles. The fraction of sp³-hybridized carbons (Fsp3) is 0.310. The number of nitrogens with one attached hydrogen (secondary N) is 1. The zero-order valence-electron chi connectivity index (χ0n) is 23.3. The lowest BCUT2D eigenvalue weighted by Crippen LogP contribution is -2.51. The van der Waals surface area contributed by atoms with Crippen LogP contribution in [0.3, 0.4) is 0 Å². The number of benzene rings is 3. The zero-order valence-corrected chi connectivity index (χ0v) is 25.6. The van der Waals surface area contributed by atoms with E-state index in [1.807, 2.05) is 6.92 Å². The highest BCUT2D eigenvalue weighted by atomic mass is 35.5. The summed E-state index contributed by atoms with van der Waals surface area (Å²) in [7, 11) is -1.43. The standard InChI is InChI=1S/C29H33Cl2N3O6S/c1-5-15-32-29(36)20(2)33(18-21-11-13-24(30)25(31)16-21)28(35)19-34(22-9-7-6-8-10-22)41(37,38)23-12-14-26(39-3)27(17-23)40-4/h6-14,16-17,20H,5,15,18-19H2,1-4H3,(H,32,36)/t20-/m0/s1. The number of carbonyl (C=O) groups is 2. The van der Waals surface area contributed by atoms with Crippen molar-refractivity contribution in [2.45, 2.75) is 37.8 Å². The van der Waals surface area contributed by atoms with Gasteiger partial charge in [0.05, 0.1) is 34.8 Å². The van der Waals surface area contributed by atoms with E-state index in [4.69, 9.17) is 32.7 Å². The predicted octanol–water partition coefficient (Wildman–Crippen LogP) is 5.15. The molecule has 220 valence electrons. The quantitative estimate of drug-likeness (QED) is 0.283. The van der Waals surface area contributed by atoms with E-state index in [2.05, 4.69) is 5.32 Å². The maximum absolute atomic E-state index is 14.0. The van der Waals surface area contributed by atoms with Gasteiger partial charge in [0.2, 0.25) is 11.8 Å². The van der Waals surface area contributed by atoms with Crippen LogP contribution in [0.2, 0.25) is 10.0 Å². The van der Waals surface area contributed by atoms with Crippen LogP contribution in [0.25, 0.3) is 0 Å². The second kappa shape index (κ2) is 14.4. The molecule has 0 aliphatic rings. The summed E-state index contributed by atoms with van der Waals surface area (Å²) in [6, 6.07) is 16.4. The molecule has 9 nitrogen and oxygen atoms in total. The number of sulfonamides is 1. The number of hydrogen-bond donors (Lipinski definition) is 1. The Morgan fingerprint density at radius 2 is 1.61 bits per heavy atom. The summed E-state index contributed by atoms with van der Waals surface area (Å²) in [5.74, 6) is -0.388. The minimum absolute atomic E-state index is 0.00449. The number of carbonyl (C=O) groups excluding carboxylic acids is 2. The topological polar surface area (TPSA) is 105 Å². The maximum Gasteiger partial charge on any atom is 0.264 e. The summed E-state index contributed by atoms with van der Waals surface area (Å²) in [5.41, 5.74) is 0.894. The first-order chi connectivity index (χ1) is 19.5. The monoisotopic (exact) mass is 621 g/mol. The second-order valence-corrected chi connectivity index (χ2v) is 11.8. The molecule has 3 aromatic rings. The van der Waals surface area contributed by atoms with Crippen LogP contribution in [0.5, 0.6) is 11.5 Å². The fourth-order valence-electron chi connectivity index (χ4n) is 4.04. The van der Waals surface area contributed by atoms with Crippen molar-refractivity contribution in [1.29, 1.82) is 0 Å². The van der Waals surface area contributed by atoms with Crippen LogP contribution in [-0.4, -0.2) is 58.5 Å². The highest BCUT2D eigenvalue weighted by molar-refractivity contribution is 7.92. The molecule has 0 saturated heterocycles. The van der Waals surface area contributed by atoms with Crippen molar-refractivity contribution in [3.63, 3.8) is 0 Å². The van der Waals surface area contributed by atoms with Gasteiger partial charge in [0.1, 0.15) is 12.6 Å². The van der Waals surface area contributed by atoms with Crippen LogP contribution >= 0.6 is 23.2 Å². The van der Waals surface area contributed by atoms with Crippen LogP contribution in [-0.2, 0) is 26.2 Å². The number of methoxy groups -OCH3 is 2. The first-order valence-electron chi connectivity index (χ1n) is 12.8. The third-order valence-electron chi connectivity index (χ3n) is 6.32. The number of rotatable bonds is 13. The summed E-state index contributed by atoms with van der Waals surface area (Å²) in [4.78, 5) is 28.1. The Balaban J connectivity index is 2.04. The molecule has 0 fully saturated rings. The van der Waals surface area contributed by atoms with E-state index in [0.29, 0.717) is 34.3 Å². The predicted molar refractivity (Wildman–Crippen MR) is 160 cm³/mol. The Bertz CT molecular complexity index is 1470. The molecule has 2 amide bonds. The SMILES string of the molecule is CCCNC(=O)[C@H](C)N(Cc1ccc(Cl)c(Cl)c1)C(=O)CN(c1ccccc1)S(=O)(=O)c1ccc(OC)c(OC)c1. The van der Waals surface area contributed by atoms with Crippen molar-refractivity contribution >= 4 is 50.7 Å². The van der Waals surface area contributed by atoms with Gasteiger partial charge in [-0.1, -0.05) is 54.4 Å². The van der Waals surface area contributed by atoms with Gasteiger partial charge in [-0.15, -0.1) is 0 Å². The molecule has 0 aliphatic heterocycles. The highest BCUT2D eigenvalue weighted by Gasteiger charge is 2.33. The molecular weight excluding hydrogens is 589 g/mol.